The van der Waals surface area contributed by atoms with Gasteiger partial charge in [-0.3, -0.25) is 11.3 Å². The molecular formula is C18H29N3O2. The average Bonchev–Trinajstić information content (AvgIpc) is 2.91. The molecule has 2 rings (SSSR count). The second kappa shape index (κ2) is 6.89. The Bertz CT molecular complexity index is 566. The average molecular weight is 319 g/mol. The molecule has 1 aliphatic rings. The van der Waals surface area contributed by atoms with Crippen LogP contribution in [0.15, 0.2) is 18.2 Å². The molecule has 0 radical (unpaired) electrons. The third-order valence-electron chi connectivity index (χ3n) is 4.30. The Morgan fingerprint density at radius 1 is 1.39 bits per heavy atom. The van der Waals surface area contributed by atoms with Crippen molar-refractivity contribution in [3.05, 3.63) is 34.9 Å². The molecule has 2 unspecified atom stereocenters. The van der Waals surface area contributed by atoms with Crippen molar-refractivity contribution in [3.63, 3.8) is 0 Å². The van der Waals surface area contributed by atoms with E-state index in [-0.39, 0.29) is 18.1 Å². The van der Waals surface area contributed by atoms with Gasteiger partial charge in [0.15, 0.2) is 0 Å². The quantitative estimate of drug-likeness (QED) is 0.664. The molecule has 5 heteroatoms. The molecular weight excluding hydrogens is 290 g/mol. The number of nitrogens with one attached hydrogen (secondary N) is 1. The van der Waals surface area contributed by atoms with Crippen LogP contribution in [0.2, 0.25) is 0 Å². The summed E-state index contributed by atoms with van der Waals surface area (Å²) >= 11 is 0. The predicted octanol–water partition coefficient (Wildman–Crippen LogP) is 3.06. The summed E-state index contributed by atoms with van der Waals surface area (Å²) in [6, 6.07) is 6.45. The van der Waals surface area contributed by atoms with Crippen molar-refractivity contribution in [2.75, 3.05) is 13.1 Å². The minimum atomic E-state index is -0.464. The van der Waals surface area contributed by atoms with Gasteiger partial charge in [0.2, 0.25) is 0 Å². The fraction of sp³-hybridized carbons (Fsp3) is 0.611. The third-order valence-corrected chi connectivity index (χ3v) is 4.30. The Hall–Kier alpha value is -1.59. The van der Waals surface area contributed by atoms with E-state index in [0.717, 1.165) is 6.42 Å². The SMILES string of the molecule is Cc1ccc(C)c(C(NN)C2CCN(C(=O)OC(C)(C)C)C2)c1. The van der Waals surface area contributed by atoms with E-state index in [1.807, 2.05) is 20.8 Å². The number of carbonyl (C=O) groups is 1. The molecule has 3 N–H and O–H groups in total. The molecule has 1 saturated heterocycles. The zero-order valence-electron chi connectivity index (χ0n) is 14.8. The lowest BCUT2D eigenvalue weighted by Crippen LogP contribution is -2.38. The maximum atomic E-state index is 12.2. The van der Waals surface area contributed by atoms with Crippen molar-refractivity contribution in [2.45, 2.75) is 52.7 Å². The number of likely N-dealkylation sites (tertiary alicyclic amines) is 1. The third kappa shape index (κ3) is 4.45. The number of hydrazine groups is 1. The molecule has 1 aromatic rings. The van der Waals surface area contributed by atoms with Crippen LogP contribution in [0, 0.1) is 19.8 Å². The van der Waals surface area contributed by atoms with Gasteiger partial charge in [0.1, 0.15) is 5.60 Å². The van der Waals surface area contributed by atoms with Crippen LogP contribution in [0.1, 0.15) is 49.9 Å². The second-order valence-corrected chi connectivity index (χ2v) is 7.48. The molecule has 128 valence electrons. The molecule has 0 aromatic heterocycles. The fourth-order valence-corrected chi connectivity index (χ4v) is 3.13. The number of amides is 1. The molecule has 1 aromatic carbocycles. The molecule has 2 atom stereocenters. The Labute approximate surface area is 139 Å². The summed E-state index contributed by atoms with van der Waals surface area (Å²) in [5.74, 6) is 6.13. The van der Waals surface area contributed by atoms with Gasteiger partial charge in [0.05, 0.1) is 6.04 Å². The minimum absolute atomic E-state index is 0.0438. The number of benzene rings is 1. The highest BCUT2D eigenvalue weighted by Gasteiger charge is 2.34. The number of hydrogen-bond donors (Lipinski definition) is 2. The Kier molecular flexibility index (Phi) is 5.32. The Balaban J connectivity index is 2.10. The van der Waals surface area contributed by atoms with Gasteiger partial charge in [-0.25, -0.2) is 4.79 Å². The fourth-order valence-electron chi connectivity index (χ4n) is 3.13. The van der Waals surface area contributed by atoms with E-state index < -0.39 is 5.60 Å². The van der Waals surface area contributed by atoms with Gasteiger partial charge in [0, 0.05) is 13.1 Å². The first-order chi connectivity index (χ1) is 10.7. The van der Waals surface area contributed by atoms with Crippen molar-refractivity contribution in [1.82, 2.24) is 10.3 Å². The van der Waals surface area contributed by atoms with E-state index in [1.165, 1.54) is 16.7 Å². The number of carbonyl (C=O) groups excluding carboxylic acids is 1. The van der Waals surface area contributed by atoms with E-state index in [9.17, 15) is 4.79 Å². The van der Waals surface area contributed by atoms with Gasteiger partial charge in [-0.05, 0) is 58.1 Å². The van der Waals surface area contributed by atoms with Gasteiger partial charge >= 0.3 is 6.09 Å². The lowest BCUT2D eigenvalue weighted by Gasteiger charge is -2.27. The van der Waals surface area contributed by atoms with Gasteiger partial charge in [-0.2, -0.15) is 0 Å². The summed E-state index contributed by atoms with van der Waals surface area (Å²) in [5.41, 5.74) is 6.14. The van der Waals surface area contributed by atoms with Crippen molar-refractivity contribution < 1.29 is 9.53 Å². The standard InChI is InChI=1S/C18H29N3O2/c1-12-6-7-13(2)15(10-12)16(20-19)14-8-9-21(11-14)17(22)23-18(3,4)5/h6-7,10,14,16,20H,8-9,11,19H2,1-5H3. The first kappa shape index (κ1) is 17.8. The number of nitrogens with zero attached hydrogens (tertiary/aromatic N) is 1. The van der Waals surface area contributed by atoms with E-state index in [0.29, 0.717) is 13.1 Å². The van der Waals surface area contributed by atoms with Gasteiger partial charge < -0.3 is 9.64 Å². The number of rotatable bonds is 3. The molecule has 0 saturated carbocycles. The topological polar surface area (TPSA) is 67.6 Å². The zero-order chi connectivity index (χ0) is 17.2. The second-order valence-electron chi connectivity index (χ2n) is 7.48. The van der Waals surface area contributed by atoms with Crippen LogP contribution in [-0.4, -0.2) is 29.7 Å². The number of aryl methyl sites for hydroxylation is 2. The highest BCUT2D eigenvalue weighted by atomic mass is 16.6. The van der Waals surface area contributed by atoms with Gasteiger partial charge in [-0.15, -0.1) is 0 Å². The van der Waals surface area contributed by atoms with Crippen LogP contribution in [0.25, 0.3) is 0 Å². The van der Waals surface area contributed by atoms with E-state index in [2.05, 4.69) is 37.5 Å². The van der Waals surface area contributed by atoms with Crippen LogP contribution in [0.5, 0.6) is 0 Å². The van der Waals surface area contributed by atoms with Crippen LogP contribution in [-0.2, 0) is 4.74 Å². The first-order valence-corrected chi connectivity index (χ1v) is 8.22. The first-order valence-electron chi connectivity index (χ1n) is 8.22. The molecule has 5 nitrogen and oxygen atoms in total. The molecule has 0 aliphatic carbocycles. The maximum Gasteiger partial charge on any atom is 0.410 e. The zero-order valence-corrected chi connectivity index (χ0v) is 14.8. The molecule has 1 aliphatic heterocycles. The molecule has 1 amide bonds. The largest absolute Gasteiger partial charge is 0.444 e. The van der Waals surface area contributed by atoms with E-state index >= 15 is 0 Å². The van der Waals surface area contributed by atoms with Crippen LogP contribution in [0.3, 0.4) is 0 Å². The maximum absolute atomic E-state index is 12.2. The van der Waals surface area contributed by atoms with Crippen molar-refractivity contribution in [3.8, 4) is 0 Å². The van der Waals surface area contributed by atoms with Crippen molar-refractivity contribution in [1.29, 1.82) is 0 Å². The van der Waals surface area contributed by atoms with Gasteiger partial charge in [-0.1, -0.05) is 23.8 Å². The number of ether oxygens (including phenoxy) is 1. The monoisotopic (exact) mass is 319 g/mol. The lowest BCUT2D eigenvalue weighted by atomic mass is 9.89. The normalized spacial score (nSPS) is 19.7. The van der Waals surface area contributed by atoms with E-state index in [4.69, 9.17) is 10.6 Å². The van der Waals surface area contributed by atoms with Crippen molar-refractivity contribution in [2.24, 2.45) is 11.8 Å². The Morgan fingerprint density at radius 2 is 2.09 bits per heavy atom. The van der Waals surface area contributed by atoms with Crippen LogP contribution >= 0.6 is 0 Å². The van der Waals surface area contributed by atoms with Crippen LogP contribution in [0.4, 0.5) is 4.79 Å². The highest BCUT2D eigenvalue weighted by Crippen LogP contribution is 2.32. The number of nitrogens with two attached hydrogens (primary N) is 1. The van der Waals surface area contributed by atoms with Crippen molar-refractivity contribution >= 4 is 6.09 Å². The molecule has 1 fully saturated rings. The summed E-state index contributed by atoms with van der Waals surface area (Å²) in [5, 5.41) is 0. The molecule has 1 heterocycles. The van der Waals surface area contributed by atoms with E-state index in [1.54, 1.807) is 4.90 Å². The predicted molar refractivity (Wildman–Crippen MR) is 91.9 cm³/mol. The Morgan fingerprint density at radius 3 is 2.70 bits per heavy atom. The highest BCUT2D eigenvalue weighted by molar-refractivity contribution is 5.68. The lowest BCUT2D eigenvalue weighted by molar-refractivity contribution is 0.0285. The summed E-state index contributed by atoms with van der Waals surface area (Å²) in [6.45, 7) is 11.2. The summed E-state index contributed by atoms with van der Waals surface area (Å²) in [4.78, 5) is 14.0. The summed E-state index contributed by atoms with van der Waals surface area (Å²) < 4.78 is 5.47. The van der Waals surface area contributed by atoms with Crippen LogP contribution < -0.4 is 11.3 Å². The summed E-state index contributed by atoms with van der Waals surface area (Å²) in [6.07, 6.45) is 0.679. The molecule has 0 bridgehead atoms. The summed E-state index contributed by atoms with van der Waals surface area (Å²) in [7, 11) is 0. The van der Waals surface area contributed by atoms with Gasteiger partial charge in [0.25, 0.3) is 0 Å². The number of hydrogen-bond acceptors (Lipinski definition) is 4. The molecule has 23 heavy (non-hydrogen) atoms. The molecule has 0 spiro atoms. The smallest absolute Gasteiger partial charge is 0.410 e. The minimum Gasteiger partial charge on any atom is -0.444 e.